The second-order valence-electron chi connectivity index (χ2n) is 6.70. The third-order valence-corrected chi connectivity index (χ3v) is 4.70. The number of hydrogen-bond donors (Lipinski definition) is 2. The molecule has 0 aliphatic carbocycles. The normalized spacial score (nSPS) is 10.7. The lowest BCUT2D eigenvalue weighted by Crippen LogP contribution is -2.18. The molecule has 0 saturated heterocycles. The van der Waals surface area contributed by atoms with Crippen LogP contribution in [0.5, 0.6) is 11.5 Å². The SMILES string of the molecule is COc1cc(C(=O)Nc2nc(-c3ccc(CNC(C)=O)o3)cs2)ccc1OC(C)C. The van der Waals surface area contributed by atoms with Crippen LogP contribution in [-0.4, -0.2) is 30.0 Å². The molecular weight excluding hydrogens is 406 g/mol. The molecule has 2 N–H and O–H groups in total. The number of carbonyl (C=O) groups is 2. The average molecular weight is 429 g/mol. The summed E-state index contributed by atoms with van der Waals surface area (Å²) < 4.78 is 16.7. The Bertz CT molecular complexity index is 1040. The fraction of sp³-hybridized carbons (Fsp3) is 0.286. The predicted molar refractivity (Wildman–Crippen MR) is 114 cm³/mol. The number of ether oxygens (including phenoxy) is 2. The van der Waals surface area contributed by atoms with Crippen LogP contribution in [0.4, 0.5) is 5.13 Å². The summed E-state index contributed by atoms with van der Waals surface area (Å²) >= 11 is 1.29. The molecule has 8 nitrogen and oxygen atoms in total. The smallest absolute Gasteiger partial charge is 0.257 e. The number of furan rings is 1. The first-order valence-corrected chi connectivity index (χ1v) is 10.2. The highest BCUT2D eigenvalue weighted by Crippen LogP contribution is 2.30. The number of amides is 2. The first kappa shape index (κ1) is 21.4. The first-order chi connectivity index (χ1) is 14.4. The van der Waals surface area contributed by atoms with Gasteiger partial charge in [-0.1, -0.05) is 0 Å². The number of aromatic nitrogens is 1. The molecule has 0 unspecified atom stereocenters. The Morgan fingerprint density at radius 1 is 1.20 bits per heavy atom. The van der Waals surface area contributed by atoms with Gasteiger partial charge in [-0.15, -0.1) is 11.3 Å². The molecule has 30 heavy (non-hydrogen) atoms. The molecule has 0 atom stereocenters. The summed E-state index contributed by atoms with van der Waals surface area (Å²) in [6.07, 6.45) is -0.00678. The molecule has 9 heteroatoms. The molecule has 2 aromatic heterocycles. The lowest BCUT2D eigenvalue weighted by Gasteiger charge is -2.14. The van der Waals surface area contributed by atoms with Gasteiger partial charge in [0.15, 0.2) is 22.4 Å². The maximum atomic E-state index is 12.6. The molecule has 0 aliphatic rings. The Balaban J connectivity index is 1.68. The zero-order valence-corrected chi connectivity index (χ0v) is 18.0. The number of methoxy groups -OCH3 is 1. The minimum atomic E-state index is -0.309. The van der Waals surface area contributed by atoms with Crippen LogP contribution in [0.15, 0.2) is 40.1 Å². The second kappa shape index (κ2) is 9.45. The summed E-state index contributed by atoms with van der Waals surface area (Å²) in [6, 6.07) is 8.56. The van der Waals surface area contributed by atoms with Crippen molar-refractivity contribution in [2.75, 3.05) is 12.4 Å². The number of thiazole rings is 1. The van der Waals surface area contributed by atoms with Crippen LogP contribution in [0.2, 0.25) is 0 Å². The van der Waals surface area contributed by atoms with E-state index < -0.39 is 0 Å². The Hall–Kier alpha value is -3.33. The van der Waals surface area contributed by atoms with E-state index in [1.807, 2.05) is 13.8 Å². The highest BCUT2D eigenvalue weighted by molar-refractivity contribution is 7.14. The van der Waals surface area contributed by atoms with E-state index in [0.29, 0.717) is 46.0 Å². The van der Waals surface area contributed by atoms with Gasteiger partial charge in [0.2, 0.25) is 5.91 Å². The molecule has 2 heterocycles. The number of rotatable bonds is 8. The van der Waals surface area contributed by atoms with Crippen molar-refractivity contribution in [3.63, 3.8) is 0 Å². The summed E-state index contributed by atoms with van der Waals surface area (Å²) in [4.78, 5) is 28.0. The summed E-state index contributed by atoms with van der Waals surface area (Å²) in [5.74, 6) is 1.80. The zero-order chi connectivity index (χ0) is 21.7. The predicted octanol–water partition coefficient (Wildman–Crippen LogP) is 4.09. The van der Waals surface area contributed by atoms with Crippen LogP contribution < -0.4 is 20.1 Å². The number of hydrogen-bond acceptors (Lipinski definition) is 7. The monoisotopic (exact) mass is 429 g/mol. The molecule has 158 valence electrons. The van der Waals surface area contributed by atoms with Gasteiger partial charge < -0.3 is 19.2 Å². The molecule has 3 aromatic rings. The van der Waals surface area contributed by atoms with Crippen molar-refractivity contribution in [2.45, 2.75) is 33.4 Å². The van der Waals surface area contributed by atoms with E-state index in [-0.39, 0.29) is 17.9 Å². The van der Waals surface area contributed by atoms with E-state index >= 15 is 0 Å². The second-order valence-corrected chi connectivity index (χ2v) is 7.56. The van der Waals surface area contributed by atoms with E-state index in [4.69, 9.17) is 13.9 Å². The number of anilines is 1. The van der Waals surface area contributed by atoms with Crippen molar-refractivity contribution >= 4 is 28.3 Å². The van der Waals surface area contributed by atoms with Gasteiger partial charge >= 0.3 is 0 Å². The van der Waals surface area contributed by atoms with E-state index in [2.05, 4.69) is 15.6 Å². The standard InChI is InChI=1S/C21H23N3O5S/c1-12(2)28-18-7-5-14(9-19(18)27-4)20(26)24-21-23-16(11-30-21)17-8-6-15(29-17)10-22-13(3)25/h5-9,11-12H,10H2,1-4H3,(H,22,25)(H,23,24,26). The number of nitrogens with zero attached hydrogens (tertiary/aromatic N) is 1. The van der Waals surface area contributed by atoms with Gasteiger partial charge in [-0.25, -0.2) is 4.98 Å². The van der Waals surface area contributed by atoms with E-state index in [1.54, 1.807) is 35.7 Å². The fourth-order valence-electron chi connectivity index (χ4n) is 2.60. The van der Waals surface area contributed by atoms with Crippen LogP contribution in [0.3, 0.4) is 0 Å². The van der Waals surface area contributed by atoms with E-state index in [1.165, 1.54) is 25.4 Å². The van der Waals surface area contributed by atoms with Gasteiger partial charge in [-0.05, 0) is 44.2 Å². The molecule has 0 fully saturated rings. The zero-order valence-electron chi connectivity index (χ0n) is 17.1. The van der Waals surface area contributed by atoms with Crippen LogP contribution in [0.25, 0.3) is 11.5 Å². The third kappa shape index (κ3) is 5.38. The van der Waals surface area contributed by atoms with Crippen LogP contribution in [0.1, 0.15) is 36.9 Å². The number of carbonyl (C=O) groups excluding carboxylic acids is 2. The van der Waals surface area contributed by atoms with Gasteiger partial charge in [0.1, 0.15) is 11.5 Å². The lowest BCUT2D eigenvalue weighted by molar-refractivity contribution is -0.119. The summed E-state index contributed by atoms with van der Waals surface area (Å²) in [6.45, 7) is 5.59. The maximum Gasteiger partial charge on any atom is 0.257 e. The maximum absolute atomic E-state index is 12.6. The molecule has 0 spiro atoms. The molecule has 0 radical (unpaired) electrons. The van der Waals surface area contributed by atoms with Crippen LogP contribution >= 0.6 is 11.3 Å². The third-order valence-electron chi connectivity index (χ3n) is 3.94. The van der Waals surface area contributed by atoms with Crippen LogP contribution in [-0.2, 0) is 11.3 Å². The Kier molecular flexibility index (Phi) is 6.73. The van der Waals surface area contributed by atoms with Gasteiger partial charge in [0.05, 0.1) is 19.8 Å². The number of nitrogens with one attached hydrogen (secondary N) is 2. The highest BCUT2D eigenvalue weighted by atomic mass is 32.1. The molecule has 0 aliphatic heterocycles. The van der Waals surface area contributed by atoms with Gasteiger partial charge in [0.25, 0.3) is 5.91 Å². The first-order valence-electron chi connectivity index (χ1n) is 9.30. The van der Waals surface area contributed by atoms with Gasteiger partial charge in [-0.3, -0.25) is 14.9 Å². The molecule has 0 bridgehead atoms. The van der Waals surface area contributed by atoms with Gasteiger partial charge in [0, 0.05) is 17.9 Å². The van der Waals surface area contributed by atoms with Crippen molar-refractivity contribution in [1.82, 2.24) is 10.3 Å². The summed E-state index contributed by atoms with van der Waals surface area (Å²) in [5.41, 5.74) is 1.03. The molecular formula is C21H23N3O5S. The molecule has 2 amide bonds. The minimum Gasteiger partial charge on any atom is -0.493 e. The Morgan fingerprint density at radius 3 is 2.70 bits per heavy atom. The van der Waals surface area contributed by atoms with Crippen molar-refractivity contribution in [2.24, 2.45) is 0 Å². The Labute approximate surface area is 178 Å². The quantitative estimate of drug-likeness (QED) is 0.559. The largest absolute Gasteiger partial charge is 0.493 e. The van der Waals surface area contributed by atoms with Crippen molar-refractivity contribution in [3.05, 3.63) is 47.0 Å². The lowest BCUT2D eigenvalue weighted by atomic mass is 10.2. The van der Waals surface area contributed by atoms with Crippen molar-refractivity contribution in [3.8, 4) is 23.0 Å². The summed E-state index contributed by atoms with van der Waals surface area (Å²) in [7, 11) is 1.53. The summed E-state index contributed by atoms with van der Waals surface area (Å²) in [5, 5.41) is 7.68. The van der Waals surface area contributed by atoms with E-state index in [0.717, 1.165) is 0 Å². The number of benzene rings is 1. The van der Waals surface area contributed by atoms with E-state index in [9.17, 15) is 9.59 Å². The van der Waals surface area contributed by atoms with Crippen LogP contribution in [0, 0.1) is 0 Å². The van der Waals surface area contributed by atoms with Crippen molar-refractivity contribution < 1.29 is 23.5 Å². The topological polar surface area (TPSA) is 103 Å². The van der Waals surface area contributed by atoms with Crippen molar-refractivity contribution in [1.29, 1.82) is 0 Å². The molecule has 3 rings (SSSR count). The van der Waals surface area contributed by atoms with Gasteiger partial charge in [-0.2, -0.15) is 0 Å². The minimum absolute atomic E-state index is 0.00678. The average Bonchev–Trinajstić information content (AvgIpc) is 3.35. The Morgan fingerprint density at radius 2 is 2.00 bits per heavy atom. The molecule has 0 saturated carbocycles. The highest BCUT2D eigenvalue weighted by Gasteiger charge is 2.15. The molecule has 1 aromatic carbocycles. The fourth-order valence-corrected chi connectivity index (χ4v) is 3.29.